The van der Waals surface area contributed by atoms with Gasteiger partial charge >= 0.3 is 0 Å². The first kappa shape index (κ1) is 21.0. The molecule has 5 rings (SSSR count). The summed E-state index contributed by atoms with van der Waals surface area (Å²) in [6.45, 7) is 2.11. The molecule has 1 aliphatic rings. The number of benzene rings is 3. The number of amides is 2. The van der Waals surface area contributed by atoms with Crippen molar-refractivity contribution in [2.75, 3.05) is 12.4 Å². The molecule has 1 aromatic heterocycles. The molecule has 166 valence electrons. The molecule has 1 aliphatic heterocycles. The topological polar surface area (TPSA) is 54.3 Å². The van der Waals surface area contributed by atoms with E-state index in [0.29, 0.717) is 5.56 Å². The van der Waals surface area contributed by atoms with Crippen molar-refractivity contribution < 1.29 is 9.59 Å². The standard InChI is InChI=1S/C28H27N3O2/c1-4-18-13-15-19(16-14-18)29-27(32)25-21-10-5-6-11-22(21)28(33)31(3)26(25)23-17-30(2)24-12-8-7-9-20(23)24/h5-17,25-26H,4H2,1-3H3,(H,29,32)/t25-,26-/m0/s1. The summed E-state index contributed by atoms with van der Waals surface area (Å²) in [5.74, 6) is -0.732. The van der Waals surface area contributed by atoms with Crippen molar-refractivity contribution in [3.63, 3.8) is 0 Å². The number of anilines is 1. The lowest BCUT2D eigenvalue weighted by Crippen LogP contribution is -2.44. The van der Waals surface area contributed by atoms with Crippen LogP contribution in [0, 0.1) is 0 Å². The van der Waals surface area contributed by atoms with Crippen LogP contribution in [0.4, 0.5) is 5.69 Å². The molecule has 3 aromatic carbocycles. The zero-order valence-corrected chi connectivity index (χ0v) is 19.1. The molecule has 2 amide bonds. The van der Waals surface area contributed by atoms with Crippen LogP contribution < -0.4 is 5.32 Å². The fourth-order valence-electron chi connectivity index (χ4n) is 5.00. The van der Waals surface area contributed by atoms with Crippen molar-refractivity contribution in [3.05, 3.63) is 101 Å². The molecular weight excluding hydrogens is 410 g/mol. The van der Waals surface area contributed by atoms with Gasteiger partial charge in [0.2, 0.25) is 5.91 Å². The summed E-state index contributed by atoms with van der Waals surface area (Å²) in [5, 5.41) is 4.16. The van der Waals surface area contributed by atoms with Gasteiger partial charge in [0, 0.05) is 48.0 Å². The summed E-state index contributed by atoms with van der Waals surface area (Å²) in [6, 6.07) is 23.1. The second kappa shape index (κ2) is 8.24. The van der Waals surface area contributed by atoms with Crippen LogP contribution in [0.15, 0.2) is 79.0 Å². The van der Waals surface area contributed by atoms with Crippen molar-refractivity contribution in [2.24, 2.45) is 7.05 Å². The number of nitrogens with one attached hydrogen (secondary N) is 1. The number of fused-ring (bicyclic) bond motifs is 2. The molecule has 2 heterocycles. The maximum atomic E-state index is 13.8. The smallest absolute Gasteiger partial charge is 0.254 e. The second-order valence-electron chi connectivity index (χ2n) is 8.68. The number of hydrogen-bond acceptors (Lipinski definition) is 2. The van der Waals surface area contributed by atoms with Gasteiger partial charge < -0.3 is 14.8 Å². The molecule has 0 fully saturated rings. The summed E-state index contributed by atoms with van der Waals surface area (Å²) in [7, 11) is 3.79. The van der Waals surface area contributed by atoms with E-state index in [2.05, 4.69) is 28.9 Å². The molecule has 0 bridgehead atoms. The molecule has 4 aromatic rings. The number of carbonyl (C=O) groups excluding carboxylic acids is 2. The highest BCUT2D eigenvalue weighted by atomic mass is 16.2. The largest absolute Gasteiger partial charge is 0.350 e. The SMILES string of the molecule is CCc1ccc(NC(=O)[C@H]2c3ccccc3C(=O)N(C)[C@H]2c2cn(C)c3ccccc23)cc1. The first-order valence-electron chi connectivity index (χ1n) is 11.3. The highest BCUT2D eigenvalue weighted by molar-refractivity contribution is 6.05. The Hall–Kier alpha value is -3.86. The van der Waals surface area contributed by atoms with Gasteiger partial charge in [-0.05, 0) is 41.8 Å². The number of likely N-dealkylation sites (N-methyl/N-ethyl adjacent to an activating group) is 1. The van der Waals surface area contributed by atoms with E-state index in [1.54, 1.807) is 11.9 Å². The molecular formula is C28H27N3O2. The molecule has 0 aliphatic carbocycles. The van der Waals surface area contributed by atoms with Crippen LogP contribution in [0.3, 0.4) is 0 Å². The van der Waals surface area contributed by atoms with Gasteiger partial charge in [-0.3, -0.25) is 9.59 Å². The van der Waals surface area contributed by atoms with Crippen molar-refractivity contribution in [2.45, 2.75) is 25.3 Å². The van der Waals surface area contributed by atoms with Gasteiger partial charge in [-0.15, -0.1) is 0 Å². The lowest BCUT2D eigenvalue weighted by Gasteiger charge is -2.39. The molecule has 1 N–H and O–H groups in total. The van der Waals surface area contributed by atoms with Gasteiger partial charge in [-0.2, -0.15) is 0 Å². The van der Waals surface area contributed by atoms with Gasteiger partial charge in [0.15, 0.2) is 0 Å². The Morgan fingerprint density at radius 1 is 0.909 bits per heavy atom. The van der Waals surface area contributed by atoms with Gasteiger partial charge in [-0.1, -0.05) is 55.5 Å². The normalized spacial score (nSPS) is 17.8. The number of nitrogens with zero attached hydrogens (tertiary/aromatic N) is 2. The predicted molar refractivity (Wildman–Crippen MR) is 131 cm³/mol. The Kier molecular flexibility index (Phi) is 5.25. The van der Waals surface area contributed by atoms with E-state index in [-0.39, 0.29) is 11.8 Å². The monoisotopic (exact) mass is 437 g/mol. The van der Waals surface area contributed by atoms with E-state index in [0.717, 1.165) is 34.1 Å². The summed E-state index contributed by atoms with van der Waals surface area (Å²) in [4.78, 5) is 28.9. The Labute approximate surface area is 193 Å². The third kappa shape index (κ3) is 3.50. The molecule has 0 spiro atoms. The minimum Gasteiger partial charge on any atom is -0.350 e. The maximum Gasteiger partial charge on any atom is 0.254 e. The minimum atomic E-state index is -0.541. The van der Waals surface area contributed by atoms with Crippen LogP contribution in [0.2, 0.25) is 0 Å². The van der Waals surface area contributed by atoms with Gasteiger partial charge in [0.25, 0.3) is 5.91 Å². The number of hydrogen-bond donors (Lipinski definition) is 1. The van der Waals surface area contributed by atoms with Crippen molar-refractivity contribution in [1.82, 2.24) is 9.47 Å². The van der Waals surface area contributed by atoms with Crippen LogP contribution in [0.1, 0.15) is 45.9 Å². The quantitative estimate of drug-likeness (QED) is 0.472. The van der Waals surface area contributed by atoms with Crippen LogP contribution in [0.5, 0.6) is 0 Å². The molecule has 0 radical (unpaired) electrons. The average molecular weight is 438 g/mol. The van der Waals surface area contributed by atoms with E-state index >= 15 is 0 Å². The van der Waals surface area contributed by atoms with Crippen LogP contribution in [-0.4, -0.2) is 28.3 Å². The number of aromatic nitrogens is 1. The second-order valence-corrected chi connectivity index (χ2v) is 8.68. The van der Waals surface area contributed by atoms with E-state index in [9.17, 15) is 9.59 Å². The molecule has 2 atom stereocenters. The van der Waals surface area contributed by atoms with Crippen molar-refractivity contribution in [3.8, 4) is 0 Å². The van der Waals surface area contributed by atoms with Crippen LogP contribution in [-0.2, 0) is 18.3 Å². The Morgan fingerprint density at radius 3 is 2.36 bits per heavy atom. The fourth-order valence-corrected chi connectivity index (χ4v) is 5.00. The Morgan fingerprint density at radius 2 is 1.61 bits per heavy atom. The summed E-state index contributed by atoms with van der Waals surface area (Å²) >= 11 is 0. The zero-order valence-electron chi connectivity index (χ0n) is 19.1. The first-order chi connectivity index (χ1) is 16.0. The van der Waals surface area contributed by atoms with E-state index in [4.69, 9.17) is 0 Å². The Bertz CT molecular complexity index is 1350. The van der Waals surface area contributed by atoms with E-state index < -0.39 is 12.0 Å². The minimum absolute atomic E-state index is 0.0696. The highest BCUT2D eigenvalue weighted by Gasteiger charge is 2.43. The van der Waals surface area contributed by atoms with E-state index in [1.165, 1.54) is 5.56 Å². The maximum absolute atomic E-state index is 13.8. The predicted octanol–water partition coefficient (Wildman–Crippen LogP) is 5.29. The molecule has 5 heteroatoms. The first-order valence-corrected chi connectivity index (χ1v) is 11.3. The van der Waals surface area contributed by atoms with Gasteiger partial charge in [0.05, 0.1) is 12.0 Å². The van der Waals surface area contributed by atoms with Crippen LogP contribution >= 0.6 is 0 Å². The molecule has 0 saturated carbocycles. The number of aryl methyl sites for hydroxylation is 2. The van der Waals surface area contributed by atoms with Crippen molar-refractivity contribution in [1.29, 1.82) is 0 Å². The molecule has 0 unspecified atom stereocenters. The molecule has 5 nitrogen and oxygen atoms in total. The average Bonchev–Trinajstić information content (AvgIpc) is 3.18. The van der Waals surface area contributed by atoms with Gasteiger partial charge in [0.1, 0.15) is 0 Å². The number of rotatable bonds is 4. The highest BCUT2D eigenvalue weighted by Crippen LogP contribution is 2.44. The summed E-state index contributed by atoms with van der Waals surface area (Å²) in [5.41, 5.74) is 5.36. The molecule has 0 saturated heterocycles. The summed E-state index contributed by atoms with van der Waals surface area (Å²) in [6.07, 6.45) is 2.99. The summed E-state index contributed by atoms with van der Waals surface area (Å²) < 4.78 is 2.06. The fraction of sp³-hybridized carbons (Fsp3) is 0.214. The zero-order chi connectivity index (χ0) is 23.1. The third-order valence-corrected chi connectivity index (χ3v) is 6.74. The number of para-hydroxylation sites is 1. The van der Waals surface area contributed by atoms with Crippen molar-refractivity contribution >= 4 is 28.4 Å². The molecule has 33 heavy (non-hydrogen) atoms. The Balaban J connectivity index is 1.64. The lowest BCUT2D eigenvalue weighted by atomic mass is 9.79. The van der Waals surface area contributed by atoms with E-state index in [1.807, 2.05) is 73.9 Å². The number of carbonyl (C=O) groups is 2. The van der Waals surface area contributed by atoms with Crippen LogP contribution in [0.25, 0.3) is 10.9 Å². The van der Waals surface area contributed by atoms with Gasteiger partial charge in [-0.25, -0.2) is 0 Å². The third-order valence-electron chi connectivity index (χ3n) is 6.74. The lowest BCUT2D eigenvalue weighted by molar-refractivity contribution is -0.119.